The van der Waals surface area contributed by atoms with Crippen molar-refractivity contribution in [3.63, 3.8) is 0 Å². The van der Waals surface area contributed by atoms with Crippen molar-refractivity contribution in [1.29, 1.82) is 0 Å². The van der Waals surface area contributed by atoms with Crippen LogP contribution in [0.25, 0.3) is 10.8 Å². The van der Waals surface area contributed by atoms with E-state index in [-0.39, 0.29) is 36.1 Å². The molecule has 176 valence electrons. The first-order valence-corrected chi connectivity index (χ1v) is 12.6. The molecular formula is C32H30O3. The zero-order valence-corrected chi connectivity index (χ0v) is 20.0. The zero-order valence-electron chi connectivity index (χ0n) is 20.0. The number of rotatable bonds is 8. The van der Waals surface area contributed by atoms with Gasteiger partial charge in [-0.05, 0) is 54.0 Å². The zero-order chi connectivity index (χ0) is 24.2. The van der Waals surface area contributed by atoms with Crippen molar-refractivity contribution >= 4 is 28.1 Å². The summed E-state index contributed by atoms with van der Waals surface area (Å²) in [5.74, 6) is 0.210. The van der Waals surface area contributed by atoms with Crippen LogP contribution in [0.2, 0.25) is 0 Å². The highest BCUT2D eigenvalue weighted by Gasteiger charge is 2.27. The third-order valence-electron chi connectivity index (χ3n) is 7.38. The monoisotopic (exact) mass is 462 g/mol. The fourth-order valence-electron chi connectivity index (χ4n) is 5.46. The van der Waals surface area contributed by atoms with Crippen molar-refractivity contribution in [2.24, 2.45) is 5.92 Å². The molecule has 3 heteroatoms. The molecule has 0 saturated heterocycles. The quantitative estimate of drug-likeness (QED) is 0.331. The maximum Gasteiger partial charge on any atom is 0.163 e. The van der Waals surface area contributed by atoms with Crippen LogP contribution in [-0.4, -0.2) is 17.3 Å². The van der Waals surface area contributed by atoms with Crippen LogP contribution in [0.5, 0.6) is 0 Å². The van der Waals surface area contributed by atoms with Crippen LogP contribution in [-0.2, 0) is 11.2 Å². The highest BCUT2D eigenvalue weighted by Crippen LogP contribution is 2.36. The normalized spacial score (nSPS) is 17.3. The number of carbonyl (C=O) groups excluding carboxylic acids is 3. The number of Topliss-reactive ketones (excluding diaryl/α,β-unsaturated/α-hetero) is 3. The lowest BCUT2D eigenvalue weighted by molar-refractivity contribution is -0.121. The van der Waals surface area contributed by atoms with E-state index in [0.29, 0.717) is 17.5 Å². The SMILES string of the molecule is O=C(CCC(=O)c1cccc2ccccc12)c1ccc(CC(=O)C2CC=CC3=C2CCCC3)cc1. The van der Waals surface area contributed by atoms with E-state index in [2.05, 4.69) is 12.2 Å². The van der Waals surface area contributed by atoms with Gasteiger partial charge in [-0.25, -0.2) is 0 Å². The average molecular weight is 463 g/mol. The Balaban J connectivity index is 1.19. The molecule has 0 heterocycles. The number of ketones is 3. The Morgan fingerprint density at radius 1 is 0.771 bits per heavy atom. The molecule has 0 spiro atoms. The van der Waals surface area contributed by atoms with Gasteiger partial charge in [0.2, 0.25) is 0 Å². The summed E-state index contributed by atoms with van der Waals surface area (Å²) >= 11 is 0. The van der Waals surface area contributed by atoms with E-state index in [0.717, 1.165) is 35.6 Å². The highest BCUT2D eigenvalue weighted by molar-refractivity contribution is 6.09. The number of benzene rings is 3. The molecule has 1 atom stereocenters. The molecule has 0 saturated carbocycles. The largest absolute Gasteiger partial charge is 0.299 e. The van der Waals surface area contributed by atoms with Crippen LogP contribution in [0.4, 0.5) is 0 Å². The lowest BCUT2D eigenvalue weighted by Gasteiger charge is -2.28. The van der Waals surface area contributed by atoms with Crippen LogP contribution >= 0.6 is 0 Å². The predicted molar refractivity (Wildman–Crippen MR) is 140 cm³/mol. The van der Waals surface area contributed by atoms with Crippen molar-refractivity contribution in [2.45, 2.75) is 51.4 Å². The van der Waals surface area contributed by atoms with Gasteiger partial charge >= 0.3 is 0 Å². The van der Waals surface area contributed by atoms with E-state index in [9.17, 15) is 14.4 Å². The summed E-state index contributed by atoms with van der Waals surface area (Å²) in [6.45, 7) is 0. The first kappa shape index (κ1) is 23.2. The fraction of sp³-hybridized carbons (Fsp3) is 0.281. The van der Waals surface area contributed by atoms with Crippen LogP contribution in [0.1, 0.15) is 71.2 Å². The van der Waals surface area contributed by atoms with Gasteiger partial charge in [-0.2, -0.15) is 0 Å². The molecule has 0 bridgehead atoms. The summed E-state index contributed by atoms with van der Waals surface area (Å²) in [6, 6.07) is 20.8. The van der Waals surface area contributed by atoms with Crippen molar-refractivity contribution in [3.05, 3.63) is 107 Å². The van der Waals surface area contributed by atoms with E-state index >= 15 is 0 Å². The predicted octanol–water partition coefficient (Wildman–Crippen LogP) is 7.24. The average Bonchev–Trinajstić information content (AvgIpc) is 2.91. The van der Waals surface area contributed by atoms with Gasteiger partial charge in [-0.1, -0.05) is 84.5 Å². The van der Waals surface area contributed by atoms with Crippen LogP contribution < -0.4 is 0 Å². The summed E-state index contributed by atoms with van der Waals surface area (Å²) < 4.78 is 0. The smallest absolute Gasteiger partial charge is 0.163 e. The number of allylic oxidation sites excluding steroid dienone is 4. The maximum atomic E-state index is 13.1. The van der Waals surface area contributed by atoms with Crippen LogP contribution in [0.15, 0.2) is 90.0 Å². The molecule has 0 N–H and O–H groups in total. The second-order valence-corrected chi connectivity index (χ2v) is 9.66. The Labute approximate surface area is 206 Å². The van der Waals surface area contributed by atoms with Crippen molar-refractivity contribution in [3.8, 4) is 0 Å². The Hall–Kier alpha value is -3.59. The van der Waals surface area contributed by atoms with Crippen LogP contribution in [0, 0.1) is 5.92 Å². The van der Waals surface area contributed by atoms with Gasteiger partial charge in [0.1, 0.15) is 5.78 Å². The maximum absolute atomic E-state index is 13.1. The molecule has 5 rings (SSSR count). The molecule has 0 radical (unpaired) electrons. The first-order valence-electron chi connectivity index (χ1n) is 12.6. The van der Waals surface area contributed by atoms with Crippen molar-refractivity contribution < 1.29 is 14.4 Å². The molecule has 2 aliphatic carbocycles. The molecule has 3 aromatic rings. The fourth-order valence-corrected chi connectivity index (χ4v) is 5.46. The molecule has 0 fully saturated rings. The van der Waals surface area contributed by atoms with Gasteiger partial charge in [0, 0.05) is 36.3 Å². The third-order valence-corrected chi connectivity index (χ3v) is 7.38. The van der Waals surface area contributed by atoms with E-state index in [1.165, 1.54) is 24.0 Å². The van der Waals surface area contributed by atoms with E-state index in [1.807, 2.05) is 54.6 Å². The molecule has 0 aliphatic heterocycles. The minimum atomic E-state index is -0.0501. The van der Waals surface area contributed by atoms with Crippen LogP contribution in [0.3, 0.4) is 0 Å². The number of carbonyl (C=O) groups is 3. The summed E-state index contributed by atoms with van der Waals surface area (Å²) in [4.78, 5) is 38.6. The molecule has 35 heavy (non-hydrogen) atoms. The Morgan fingerprint density at radius 2 is 1.51 bits per heavy atom. The van der Waals surface area contributed by atoms with Gasteiger partial charge in [-0.3, -0.25) is 14.4 Å². The summed E-state index contributed by atoms with van der Waals surface area (Å²) in [6.07, 6.45) is 10.4. The molecule has 3 aromatic carbocycles. The molecule has 3 nitrogen and oxygen atoms in total. The standard InChI is InChI=1S/C32H30O3/c33-30(19-20-31(34)28-13-5-9-23-7-1-3-11-26(23)28)25-17-15-22(16-18-25)21-32(35)29-14-6-10-24-8-2-4-12-27(24)29/h1,3,5-7,9-11,13,15-18,29H,2,4,8,12,14,19-21H2. The van der Waals surface area contributed by atoms with Gasteiger partial charge in [0.05, 0.1) is 0 Å². The molecular weight excluding hydrogens is 432 g/mol. The van der Waals surface area contributed by atoms with E-state index in [4.69, 9.17) is 0 Å². The number of hydrogen-bond donors (Lipinski definition) is 0. The van der Waals surface area contributed by atoms with Gasteiger partial charge < -0.3 is 0 Å². The van der Waals surface area contributed by atoms with Gasteiger partial charge in [-0.15, -0.1) is 0 Å². The van der Waals surface area contributed by atoms with E-state index < -0.39 is 0 Å². The van der Waals surface area contributed by atoms with E-state index in [1.54, 1.807) is 12.1 Å². The molecule has 2 aliphatic rings. The Bertz CT molecular complexity index is 1340. The lowest BCUT2D eigenvalue weighted by Crippen LogP contribution is -2.23. The van der Waals surface area contributed by atoms with Gasteiger partial charge in [0.25, 0.3) is 0 Å². The van der Waals surface area contributed by atoms with Crippen molar-refractivity contribution in [2.75, 3.05) is 0 Å². The number of fused-ring (bicyclic) bond motifs is 1. The Kier molecular flexibility index (Phi) is 6.85. The minimum absolute atomic E-state index is 0.0108. The second-order valence-electron chi connectivity index (χ2n) is 9.66. The second kappa shape index (κ2) is 10.4. The molecule has 0 amide bonds. The topological polar surface area (TPSA) is 51.2 Å². The minimum Gasteiger partial charge on any atom is -0.299 e. The number of hydrogen-bond acceptors (Lipinski definition) is 3. The lowest BCUT2D eigenvalue weighted by atomic mass is 9.76. The van der Waals surface area contributed by atoms with Gasteiger partial charge in [0.15, 0.2) is 11.6 Å². The third kappa shape index (κ3) is 5.09. The molecule has 0 aromatic heterocycles. The van der Waals surface area contributed by atoms with Crippen molar-refractivity contribution in [1.82, 2.24) is 0 Å². The molecule has 1 unspecified atom stereocenters. The summed E-state index contributed by atoms with van der Waals surface area (Å²) in [7, 11) is 0. The Morgan fingerprint density at radius 3 is 2.37 bits per heavy atom. The summed E-state index contributed by atoms with van der Waals surface area (Å²) in [5.41, 5.74) is 4.92. The highest BCUT2D eigenvalue weighted by atomic mass is 16.1. The summed E-state index contributed by atoms with van der Waals surface area (Å²) in [5, 5.41) is 1.95. The first-order chi connectivity index (χ1) is 17.1.